The highest BCUT2D eigenvalue weighted by atomic mass is 14.8. The molecule has 1 aromatic carbocycles. The fourth-order valence-electron chi connectivity index (χ4n) is 3.22. The molecule has 3 rings (SSSR count). The summed E-state index contributed by atoms with van der Waals surface area (Å²) in [6, 6.07) is 8.32. The summed E-state index contributed by atoms with van der Waals surface area (Å²) in [7, 11) is 0. The monoisotopic (exact) mass is 332 g/mol. The SMILES string of the molecule is C=C/C=C(\C=C/C)C1=N/C(=c2/c(=C)[nH]c3ccccc23)C(C)C1.CC. The molecule has 25 heavy (non-hydrogen) atoms. The summed E-state index contributed by atoms with van der Waals surface area (Å²) < 4.78 is 0. The number of nitrogens with one attached hydrogen (secondary N) is 1. The van der Waals surface area contributed by atoms with E-state index in [0.717, 1.165) is 39.5 Å². The van der Waals surface area contributed by atoms with Gasteiger partial charge in [0.05, 0.1) is 5.70 Å². The van der Waals surface area contributed by atoms with Crippen LogP contribution >= 0.6 is 0 Å². The van der Waals surface area contributed by atoms with Gasteiger partial charge in [0.1, 0.15) is 0 Å². The van der Waals surface area contributed by atoms with E-state index >= 15 is 0 Å². The Hall–Kier alpha value is -2.61. The Morgan fingerprint density at radius 1 is 1.28 bits per heavy atom. The summed E-state index contributed by atoms with van der Waals surface area (Å²) in [5.41, 5.74) is 4.50. The normalized spacial score (nSPS) is 19.8. The van der Waals surface area contributed by atoms with E-state index in [4.69, 9.17) is 4.99 Å². The Kier molecular flexibility index (Phi) is 6.35. The topological polar surface area (TPSA) is 28.1 Å². The first-order valence-corrected chi connectivity index (χ1v) is 8.99. The van der Waals surface area contributed by atoms with Crippen molar-refractivity contribution in [3.05, 3.63) is 71.3 Å². The molecule has 1 aliphatic heterocycles. The Bertz CT molecular complexity index is 952. The second-order valence-electron chi connectivity index (χ2n) is 5.93. The molecule has 2 aromatic rings. The van der Waals surface area contributed by atoms with E-state index in [9.17, 15) is 0 Å². The van der Waals surface area contributed by atoms with Crippen molar-refractivity contribution in [1.29, 1.82) is 0 Å². The number of fused-ring (bicyclic) bond motifs is 1. The third-order valence-corrected chi connectivity index (χ3v) is 4.24. The molecule has 0 amide bonds. The van der Waals surface area contributed by atoms with Gasteiger partial charge in [-0.3, -0.25) is 4.99 Å². The molecule has 0 aliphatic carbocycles. The van der Waals surface area contributed by atoms with Crippen molar-refractivity contribution in [2.24, 2.45) is 10.9 Å². The van der Waals surface area contributed by atoms with Gasteiger partial charge in [0.25, 0.3) is 0 Å². The maximum absolute atomic E-state index is 4.97. The number of benzene rings is 1. The molecule has 0 bridgehead atoms. The molecular formula is C23H28N2. The minimum Gasteiger partial charge on any atom is -0.355 e. The van der Waals surface area contributed by atoms with Crippen LogP contribution in [0.2, 0.25) is 0 Å². The average Bonchev–Trinajstić information content (AvgIpc) is 3.15. The van der Waals surface area contributed by atoms with Crippen LogP contribution in [0.3, 0.4) is 0 Å². The van der Waals surface area contributed by atoms with Crippen molar-refractivity contribution in [2.75, 3.05) is 0 Å². The van der Waals surface area contributed by atoms with Crippen LogP contribution in [0.1, 0.15) is 34.1 Å². The Morgan fingerprint density at radius 2 is 2.00 bits per heavy atom. The van der Waals surface area contributed by atoms with Crippen LogP contribution in [-0.4, -0.2) is 10.7 Å². The smallest absolute Gasteiger partial charge is 0.0538 e. The summed E-state index contributed by atoms with van der Waals surface area (Å²) in [5, 5.41) is 3.30. The van der Waals surface area contributed by atoms with Crippen LogP contribution in [0, 0.1) is 5.92 Å². The first-order chi connectivity index (χ1) is 12.2. The van der Waals surface area contributed by atoms with Crippen molar-refractivity contribution in [3.63, 3.8) is 0 Å². The van der Waals surface area contributed by atoms with Gasteiger partial charge in [0, 0.05) is 33.1 Å². The maximum atomic E-state index is 4.97. The van der Waals surface area contributed by atoms with Crippen LogP contribution in [0.15, 0.2) is 65.7 Å². The number of hydrogen-bond acceptors (Lipinski definition) is 1. The third kappa shape index (κ3) is 3.74. The third-order valence-electron chi connectivity index (χ3n) is 4.24. The summed E-state index contributed by atoms with van der Waals surface area (Å²) in [5.74, 6) is 0.378. The predicted octanol–water partition coefficient (Wildman–Crippen LogP) is 4.88. The van der Waals surface area contributed by atoms with Gasteiger partial charge in [-0.15, -0.1) is 0 Å². The van der Waals surface area contributed by atoms with E-state index < -0.39 is 0 Å². The standard InChI is InChI=1S/C21H22N2.C2H6/c1-5-9-16(10-6-2)19-13-14(3)21(23-19)20-15(4)22-18-12-8-7-11-17(18)20;1-2/h5-12,14,22H,1,4,13H2,2-3H3;1-2H3/b10-6-,16-9+,21-20-;. The molecule has 0 spiro atoms. The molecule has 0 saturated carbocycles. The molecule has 1 atom stereocenters. The lowest BCUT2D eigenvalue weighted by molar-refractivity contribution is 0.806. The second-order valence-corrected chi connectivity index (χ2v) is 5.93. The Morgan fingerprint density at radius 3 is 2.68 bits per heavy atom. The van der Waals surface area contributed by atoms with Crippen LogP contribution in [0.5, 0.6) is 0 Å². The van der Waals surface area contributed by atoms with E-state index in [0.29, 0.717) is 5.92 Å². The number of aliphatic imine (C=N–C) groups is 1. The minimum atomic E-state index is 0.378. The number of nitrogens with zero attached hydrogens (tertiary/aromatic N) is 1. The van der Waals surface area contributed by atoms with Gasteiger partial charge in [-0.1, -0.05) is 76.4 Å². The molecule has 1 N–H and O–H groups in total. The van der Waals surface area contributed by atoms with Crippen LogP contribution < -0.4 is 10.6 Å². The molecule has 0 saturated heterocycles. The zero-order chi connectivity index (χ0) is 18.4. The summed E-state index contributed by atoms with van der Waals surface area (Å²) >= 11 is 0. The van der Waals surface area contributed by atoms with Gasteiger partial charge in [0.15, 0.2) is 0 Å². The van der Waals surface area contributed by atoms with Crippen LogP contribution in [0.4, 0.5) is 0 Å². The first kappa shape index (κ1) is 18.7. The molecule has 130 valence electrons. The minimum absolute atomic E-state index is 0.378. The Balaban J connectivity index is 0.00000109. The van der Waals surface area contributed by atoms with Gasteiger partial charge in [-0.2, -0.15) is 0 Å². The summed E-state index contributed by atoms with van der Waals surface area (Å²) in [6.45, 7) is 16.3. The van der Waals surface area contributed by atoms with E-state index in [2.05, 4.69) is 49.3 Å². The van der Waals surface area contributed by atoms with Gasteiger partial charge in [-0.05, 0) is 25.0 Å². The van der Waals surface area contributed by atoms with Crippen molar-refractivity contribution >= 4 is 28.9 Å². The molecule has 0 fully saturated rings. The average molecular weight is 332 g/mol. The fraction of sp³-hybridized carbons (Fsp3) is 0.261. The molecule has 2 heteroatoms. The predicted molar refractivity (Wildman–Crippen MR) is 112 cm³/mol. The molecular weight excluding hydrogens is 304 g/mol. The van der Waals surface area contributed by atoms with Gasteiger partial charge in [0.2, 0.25) is 0 Å². The first-order valence-electron chi connectivity index (χ1n) is 8.99. The molecule has 0 radical (unpaired) electrons. The highest BCUT2D eigenvalue weighted by Crippen LogP contribution is 2.28. The van der Waals surface area contributed by atoms with E-state index in [1.54, 1.807) is 0 Å². The number of para-hydroxylation sites is 1. The van der Waals surface area contributed by atoms with Crippen molar-refractivity contribution in [1.82, 2.24) is 4.98 Å². The van der Waals surface area contributed by atoms with Gasteiger partial charge >= 0.3 is 0 Å². The quantitative estimate of drug-likeness (QED) is 0.776. The lowest BCUT2D eigenvalue weighted by Gasteiger charge is -2.02. The van der Waals surface area contributed by atoms with Crippen LogP contribution in [-0.2, 0) is 0 Å². The number of allylic oxidation sites excluding steroid dienone is 5. The molecule has 2 heterocycles. The molecule has 1 unspecified atom stereocenters. The van der Waals surface area contributed by atoms with Gasteiger partial charge in [-0.25, -0.2) is 0 Å². The highest BCUT2D eigenvalue weighted by Gasteiger charge is 2.23. The van der Waals surface area contributed by atoms with Gasteiger partial charge < -0.3 is 4.98 Å². The van der Waals surface area contributed by atoms with Crippen LogP contribution in [0.25, 0.3) is 23.2 Å². The second kappa shape index (κ2) is 8.48. The van der Waals surface area contributed by atoms with Crippen molar-refractivity contribution in [2.45, 2.75) is 34.1 Å². The van der Waals surface area contributed by atoms with Crippen molar-refractivity contribution in [3.8, 4) is 0 Å². The summed E-state index contributed by atoms with van der Waals surface area (Å²) in [6.07, 6.45) is 8.92. The Labute approximate surface area is 150 Å². The van der Waals surface area contributed by atoms with E-state index in [1.165, 1.54) is 5.39 Å². The van der Waals surface area contributed by atoms with Crippen molar-refractivity contribution < 1.29 is 0 Å². The number of aromatic nitrogens is 1. The number of hydrogen-bond donors (Lipinski definition) is 1. The summed E-state index contributed by atoms with van der Waals surface area (Å²) in [4.78, 5) is 8.34. The zero-order valence-electron chi connectivity index (χ0n) is 15.8. The molecule has 2 nitrogen and oxygen atoms in total. The maximum Gasteiger partial charge on any atom is 0.0538 e. The fourth-order valence-corrected chi connectivity index (χ4v) is 3.22. The lowest BCUT2D eigenvalue weighted by atomic mass is 9.99. The van der Waals surface area contributed by atoms with E-state index in [-0.39, 0.29) is 0 Å². The number of H-pyrrole nitrogens is 1. The highest BCUT2D eigenvalue weighted by molar-refractivity contribution is 6.07. The number of rotatable bonds is 3. The number of aromatic amines is 1. The lowest BCUT2D eigenvalue weighted by Crippen LogP contribution is -2.24. The molecule has 1 aliphatic rings. The zero-order valence-corrected chi connectivity index (χ0v) is 15.8. The molecule has 1 aromatic heterocycles. The van der Waals surface area contributed by atoms with E-state index in [1.807, 2.05) is 45.1 Å². The largest absolute Gasteiger partial charge is 0.355 e.